The number of aromatic nitrogens is 2. The molecule has 0 atom stereocenters. The standard InChI is InChI=1S/C21H19F3N2O2S/c22-21(23,24)12-4-14(20-6-9-1-10(7-20)3-11(2-9)8-20)25-19-16(12)17-18(29-19)13(27)5-15(28)26-17/h4-5,9-11H,1-3,6-8H2,(H2,26,27,28). The van der Waals surface area contributed by atoms with Gasteiger partial charge in [-0.2, -0.15) is 13.2 Å². The fourth-order valence-electron chi connectivity index (χ4n) is 6.67. The maximum Gasteiger partial charge on any atom is 0.417 e. The summed E-state index contributed by atoms with van der Waals surface area (Å²) in [5, 5.41) is 10.0. The molecule has 4 aliphatic rings. The van der Waals surface area contributed by atoms with E-state index in [1.54, 1.807) is 0 Å². The third-order valence-electron chi connectivity index (χ3n) is 7.30. The lowest BCUT2D eigenvalue weighted by molar-refractivity contribution is -0.136. The highest BCUT2D eigenvalue weighted by Crippen LogP contribution is 2.61. The molecular weight excluding hydrogens is 401 g/mol. The van der Waals surface area contributed by atoms with Gasteiger partial charge in [-0.15, -0.1) is 11.3 Å². The molecule has 3 aromatic rings. The van der Waals surface area contributed by atoms with Gasteiger partial charge in [-0.25, -0.2) is 4.98 Å². The van der Waals surface area contributed by atoms with Crippen molar-refractivity contribution in [2.75, 3.05) is 0 Å². The van der Waals surface area contributed by atoms with Crippen molar-refractivity contribution < 1.29 is 18.3 Å². The number of nitrogens with one attached hydrogen (secondary N) is 1. The Morgan fingerprint density at radius 3 is 2.31 bits per heavy atom. The fourth-order valence-corrected chi connectivity index (χ4v) is 7.74. The molecule has 0 aromatic carbocycles. The van der Waals surface area contributed by atoms with E-state index in [1.165, 1.54) is 25.3 Å². The number of aromatic amines is 1. The molecular formula is C21H19F3N2O2S. The fraction of sp³-hybridized carbons (Fsp3) is 0.524. The van der Waals surface area contributed by atoms with E-state index in [2.05, 4.69) is 4.98 Å². The molecule has 7 rings (SSSR count). The summed E-state index contributed by atoms with van der Waals surface area (Å²) >= 11 is 1.01. The van der Waals surface area contributed by atoms with Crippen LogP contribution in [-0.4, -0.2) is 15.1 Å². The topological polar surface area (TPSA) is 66.0 Å². The van der Waals surface area contributed by atoms with Gasteiger partial charge in [-0.05, 0) is 62.3 Å². The molecule has 0 radical (unpaired) electrons. The Hall–Kier alpha value is -2.09. The second-order valence-electron chi connectivity index (χ2n) is 9.26. The Bertz CT molecular complexity index is 1190. The van der Waals surface area contributed by atoms with Gasteiger partial charge in [-0.3, -0.25) is 4.79 Å². The van der Waals surface area contributed by atoms with Crippen LogP contribution in [0, 0.1) is 17.8 Å². The van der Waals surface area contributed by atoms with Crippen LogP contribution in [0.1, 0.15) is 49.8 Å². The van der Waals surface area contributed by atoms with Crippen LogP contribution >= 0.6 is 11.3 Å². The zero-order valence-corrected chi connectivity index (χ0v) is 16.3. The highest BCUT2D eigenvalue weighted by Gasteiger charge is 2.53. The molecule has 4 bridgehead atoms. The minimum Gasteiger partial charge on any atom is -0.506 e. The number of hydrogen-bond acceptors (Lipinski definition) is 4. The number of rotatable bonds is 1. The normalized spacial score (nSPS) is 31.2. The summed E-state index contributed by atoms with van der Waals surface area (Å²) in [6, 6.07) is 2.22. The lowest BCUT2D eigenvalue weighted by atomic mass is 9.48. The Labute approximate surface area is 167 Å². The van der Waals surface area contributed by atoms with Crippen molar-refractivity contribution in [3.05, 3.63) is 33.7 Å². The highest BCUT2D eigenvalue weighted by atomic mass is 32.1. The van der Waals surface area contributed by atoms with Crippen LogP contribution in [0.25, 0.3) is 20.4 Å². The maximum absolute atomic E-state index is 14.1. The van der Waals surface area contributed by atoms with Gasteiger partial charge < -0.3 is 10.1 Å². The summed E-state index contributed by atoms with van der Waals surface area (Å²) in [6.07, 6.45) is 1.78. The molecule has 8 heteroatoms. The summed E-state index contributed by atoms with van der Waals surface area (Å²) in [7, 11) is 0. The number of hydrogen-bond donors (Lipinski definition) is 2. The van der Waals surface area contributed by atoms with E-state index in [9.17, 15) is 23.1 Å². The van der Waals surface area contributed by atoms with E-state index in [0.29, 0.717) is 23.4 Å². The largest absolute Gasteiger partial charge is 0.506 e. The van der Waals surface area contributed by atoms with E-state index in [4.69, 9.17) is 4.98 Å². The van der Waals surface area contributed by atoms with Gasteiger partial charge in [0.25, 0.3) is 5.56 Å². The first-order valence-electron chi connectivity index (χ1n) is 9.99. The van der Waals surface area contributed by atoms with E-state index >= 15 is 0 Å². The number of H-pyrrole nitrogens is 1. The third kappa shape index (κ3) is 2.50. The van der Waals surface area contributed by atoms with Gasteiger partial charge in [0.15, 0.2) is 0 Å². The molecule has 0 amide bonds. The zero-order chi connectivity index (χ0) is 20.1. The van der Waals surface area contributed by atoms with Gasteiger partial charge in [0, 0.05) is 22.6 Å². The van der Waals surface area contributed by atoms with Gasteiger partial charge in [0.1, 0.15) is 10.6 Å². The summed E-state index contributed by atoms with van der Waals surface area (Å²) in [4.78, 5) is 19.2. The molecule has 3 heterocycles. The summed E-state index contributed by atoms with van der Waals surface area (Å²) in [6.45, 7) is 0. The molecule has 2 N–H and O–H groups in total. The first-order chi connectivity index (χ1) is 13.7. The molecule has 4 aliphatic carbocycles. The molecule has 0 saturated heterocycles. The number of alkyl halides is 3. The average Bonchev–Trinajstić information content (AvgIpc) is 2.98. The van der Waals surface area contributed by atoms with Crippen LogP contribution in [-0.2, 0) is 11.6 Å². The van der Waals surface area contributed by atoms with Crippen LogP contribution in [0.2, 0.25) is 0 Å². The number of nitrogens with zero attached hydrogens (tertiary/aromatic N) is 1. The molecule has 0 aliphatic heterocycles. The van der Waals surface area contributed by atoms with Crippen molar-refractivity contribution in [1.29, 1.82) is 0 Å². The van der Waals surface area contributed by atoms with Crippen molar-refractivity contribution in [3.8, 4) is 5.75 Å². The maximum atomic E-state index is 14.1. The monoisotopic (exact) mass is 420 g/mol. The van der Waals surface area contributed by atoms with E-state index in [-0.39, 0.29) is 31.6 Å². The Morgan fingerprint density at radius 1 is 1.10 bits per heavy atom. The van der Waals surface area contributed by atoms with Crippen LogP contribution in [0.4, 0.5) is 13.2 Å². The second-order valence-corrected chi connectivity index (χ2v) is 10.3. The van der Waals surface area contributed by atoms with Gasteiger partial charge in [-0.1, -0.05) is 0 Å². The minimum atomic E-state index is -4.57. The molecule has 4 nitrogen and oxygen atoms in total. The molecule has 0 spiro atoms. The second kappa shape index (κ2) is 5.53. The van der Waals surface area contributed by atoms with Crippen LogP contribution < -0.4 is 5.56 Å². The molecule has 4 saturated carbocycles. The smallest absolute Gasteiger partial charge is 0.417 e. The van der Waals surface area contributed by atoms with E-state index in [0.717, 1.165) is 36.7 Å². The first kappa shape index (κ1) is 17.7. The molecule has 3 aromatic heterocycles. The van der Waals surface area contributed by atoms with Crippen molar-refractivity contribution >= 4 is 31.8 Å². The summed E-state index contributed by atoms with van der Waals surface area (Å²) in [5.41, 5.74) is -1.10. The molecule has 29 heavy (non-hydrogen) atoms. The van der Waals surface area contributed by atoms with Gasteiger partial charge in [0.2, 0.25) is 0 Å². The van der Waals surface area contributed by atoms with Crippen LogP contribution in [0.5, 0.6) is 5.75 Å². The van der Waals surface area contributed by atoms with E-state index < -0.39 is 17.3 Å². The Balaban J connectivity index is 1.65. The number of thiophene rings is 1. The zero-order valence-electron chi connectivity index (χ0n) is 15.5. The first-order valence-corrected chi connectivity index (χ1v) is 10.8. The van der Waals surface area contributed by atoms with E-state index in [1.807, 2.05) is 0 Å². The number of fused-ring (bicyclic) bond motifs is 3. The molecule has 0 unspecified atom stereocenters. The van der Waals surface area contributed by atoms with Crippen molar-refractivity contribution in [1.82, 2.24) is 9.97 Å². The minimum absolute atomic E-state index is 0.0203. The quantitative estimate of drug-likeness (QED) is 0.559. The Kier molecular flexibility index (Phi) is 3.38. The Morgan fingerprint density at radius 2 is 1.72 bits per heavy atom. The average molecular weight is 420 g/mol. The van der Waals surface area contributed by atoms with Crippen LogP contribution in [0.3, 0.4) is 0 Å². The van der Waals surface area contributed by atoms with Gasteiger partial charge in [0.05, 0.1) is 15.8 Å². The summed E-state index contributed by atoms with van der Waals surface area (Å²) in [5.74, 6) is 1.47. The lowest BCUT2D eigenvalue weighted by Crippen LogP contribution is -2.49. The third-order valence-corrected chi connectivity index (χ3v) is 8.40. The van der Waals surface area contributed by atoms with Crippen LogP contribution in [0.15, 0.2) is 16.9 Å². The predicted octanol–water partition coefficient (Wildman–Crippen LogP) is 5.33. The highest BCUT2D eigenvalue weighted by molar-refractivity contribution is 7.25. The number of halogens is 3. The lowest BCUT2D eigenvalue weighted by Gasteiger charge is -2.56. The van der Waals surface area contributed by atoms with Crippen molar-refractivity contribution in [2.24, 2.45) is 17.8 Å². The molecule has 4 fully saturated rings. The number of pyridine rings is 2. The molecule has 152 valence electrons. The van der Waals surface area contributed by atoms with Crippen molar-refractivity contribution in [2.45, 2.75) is 50.1 Å². The summed E-state index contributed by atoms with van der Waals surface area (Å²) < 4.78 is 42.5. The predicted molar refractivity (Wildman–Crippen MR) is 104 cm³/mol. The number of aromatic hydroxyl groups is 1. The SMILES string of the molecule is O=c1cc(O)c2sc3nc(C45CC6CC(CC(C6)C4)C5)cc(C(F)(F)F)c3c2[nH]1. The van der Waals surface area contributed by atoms with Gasteiger partial charge >= 0.3 is 6.18 Å². The van der Waals surface area contributed by atoms with Crippen molar-refractivity contribution in [3.63, 3.8) is 0 Å².